The second-order valence-electron chi connectivity index (χ2n) is 11.0. The molecule has 4 aliphatic carbocycles. The van der Waals surface area contributed by atoms with E-state index in [4.69, 9.17) is 0 Å². The number of para-hydroxylation sites is 1. The Kier molecular flexibility index (Phi) is 5.91. The average molecular weight is 488 g/mol. The molecule has 4 fully saturated rings. The van der Waals surface area contributed by atoms with Crippen molar-refractivity contribution in [2.75, 3.05) is 5.75 Å². The van der Waals surface area contributed by atoms with Crippen LogP contribution in [0.25, 0.3) is 17.1 Å². The molecule has 1 aromatic carbocycles. The van der Waals surface area contributed by atoms with E-state index in [0.717, 1.165) is 45.5 Å². The van der Waals surface area contributed by atoms with Crippen molar-refractivity contribution in [2.45, 2.75) is 63.6 Å². The Labute approximate surface area is 211 Å². The maximum absolute atomic E-state index is 13.1. The van der Waals surface area contributed by atoms with Crippen molar-refractivity contribution >= 4 is 17.7 Å². The van der Waals surface area contributed by atoms with Gasteiger partial charge in [0.25, 0.3) is 0 Å². The lowest BCUT2D eigenvalue weighted by Gasteiger charge is -2.59. The second kappa shape index (κ2) is 9.08. The van der Waals surface area contributed by atoms with Crippen molar-refractivity contribution in [3.05, 3.63) is 54.4 Å². The SMILES string of the molecule is Cc1ccccc1-n1c(SCC(=O)N[C@H](C)C23CC4CC(CC(C4)C2)C3)nnc1-c1ccncc1. The number of hydrogen-bond acceptors (Lipinski definition) is 5. The van der Waals surface area contributed by atoms with Crippen LogP contribution in [-0.4, -0.2) is 37.5 Å². The number of nitrogens with one attached hydrogen (secondary N) is 1. The van der Waals surface area contributed by atoms with E-state index in [9.17, 15) is 4.79 Å². The Morgan fingerprint density at radius 2 is 1.71 bits per heavy atom. The van der Waals surface area contributed by atoms with Gasteiger partial charge in [-0.25, -0.2) is 0 Å². The maximum atomic E-state index is 13.1. The van der Waals surface area contributed by atoms with Crippen LogP contribution in [0.4, 0.5) is 0 Å². The number of aromatic nitrogens is 4. The first-order valence-corrected chi connectivity index (χ1v) is 13.8. The van der Waals surface area contributed by atoms with Gasteiger partial charge in [0.2, 0.25) is 5.91 Å². The minimum atomic E-state index is 0.0861. The van der Waals surface area contributed by atoms with Gasteiger partial charge in [0.1, 0.15) is 0 Å². The van der Waals surface area contributed by atoms with Crippen LogP contribution < -0.4 is 5.32 Å². The van der Waals surface area contributed by atoms with E-state index in [0.29, 0.717) is 11.2 Å². The van der Waals surface area contributed by atoms with Crippen LogP contribution >= 0.6 is 11.8 Å². The van der Waals surface area contributed by atoms with Crippen LogP contribution in [0.15, 0.2) is 53.9 Å². The van der Waals surface area contributed by atoms with Crippen LogP contribution in [0.3, 0.4) is 0 Å². The zero-order chi connectivity index (χ0) is 24.0. The molecule has 7 heteroatoms. The maximum Gasteiger partial charge on any atom is 0.230 e. The molecule has 0 unspecified atom stereocenters. The van der Waals surface area contributed by atoms with Crippen LogP contribution in [0.1, 0.15) is 51.0 Å². The fourth-order valence-corrected chi connectivity index (χ4v) is 8.11. The molecule has 0 saturated heterocycles. The quantitative estimate of drug-likeness (QED) is 0.449. The van der Waals surface area contributed by atoms with Crippen LogP contribution in [-0.2, 0) is 4.79 Å². The molecule has 2 heterocycles. The molecular weight excluding hydrogens is 454 g/mol. The Morgan fingerprint density at radius 3 is 2.37 bits per heavy atom. The standard InChI is InChI=1S/C28H33N5OS/c1-18-5-3-4-6-24(18)33-26(23-7-9-29-10-8-23)31-32-27(33)35-17-25(34)30-19(2)28-14-20-11-21(15-28)13-22(12-20)16-28/h3-10,19-22H,11-17H2,1-2H3,(H,30,34)/t19-,20?,21?,22?,28?/m1/s1. The largest absolute Gasteiger partial charge is 0.352 e. The number of benzene rings is 1. The molecule has 1 N–H and O–H groups in total. The van der Waals surface area contributed by atoms with Gasteiger partial charge in [-0.1, -0.05) is 30.0 Å². The molecule has 4 aliphatic rings. The second-order valence-corrected chi connectivity index (χ2v) is 12.0. The fourth-order valence-electron chi connectivity index (χ4n) is 7.36. The molecule has 3 aromatic rings. The first-order chi connectivity index (χ1) is 17.0. The number of thioether (sulfide) groups is 1. The van der Waals surface area contributed by atoms with Crippen molar-refractivity contribution in [2.24, 2.45) is 23.2 Å². The zero-order valence-corrected chi connectivity index (χ0v) is 21.3. The summed E-state index contributed by atoms with van der Waals surface area (Å²) >= 11 is 1.45. The summed E-state index contributed by atoms with van der Waals surface area (Å²) in [6.07, 6.45) is 11.7. The van der Waals surface area contributed by atoms with Gasteiger partial charge in [-0.3, -0.25) is 14.3 Å². The molecule has 0 aliphatic heterocycles. The minimum Gasteiger partial charge on any atom is -0.352 e. The molecule has 182 valence electrons. The number of hydrogen-bond donors (Lipinski definition) is 1. The molecule has 6 nitrogen and oxygen atoms in total. The first-order valence-electron chi connectivity index (χ1n) is 12.8. The van der Waals surface area contributed by atoms with Gasteiger partial charge < -0.3 is 5.32 Å². The first kappa shape index (κ1) is 22.8. The van der Waals surface area contributed by atoms with Gasteiger partial charge >= 0.3 is 0 Å². The zero-order valence-electron chi connectivity index (χ0n) is 20.5. The molecule has 0 spiro atoms. The lowest BCUT2D eigenvalue weighted by molar-refractivity contribution is -0.123. The van der Waals surface area contributed by atoms with Crippen molar-refractivity contribution in [1.82, 2.24) is 25.1 Å². The molecule has 0 radical (unpaired) electrons. The third-order valence-electron chi connectivity index (χ3n) is 8.64. The summed E-state index contributed by atoms with van der Waals surface area (Å²) in [6, 6.07) is 12.3. The Morgan fingerprint density at radius 1 is 1.06 bits per heavy atom. The molecule has 7 rings (SSSR count). The highest BCUT2D eigenvalue weighted by Crippen LogP contribution is 2.61. The van der Waals surface area contributed by atoms with E-state index in [1.165, 1.54) is 50.3 Å². The minimum absolute atomic E-state index is 0.0861. The van der Waals surface area contributed by atoms with E-state index in [1.54, 1.807) is 12.4 Å². The molecule has 4 bridgehead atoms. The summed E-state index contributed by atoms with van der Waals surface area (Å²) < 4.78 is 2.06. The summed E-state index contributed by atoms with van der Waals surface area (Å²) in [6.45, 7) is 4.33. The lowest BCUT2D eigenvalue weighted by atomic mass is 9.48. The molecule has 35 heavy (non-hydrogen) atoms. The number of carbonyl (C=O) groups is 1. The van der Waals surface area contributed by atoms with E-state index >= 15 is 0 Å². The van der Waals surface area contributed by atoms with E-state index in [1.807, 2.05) is 24.3 Å². The monoisotopic (exact) mass is 487 g/mol. The van der Waals surface area contributed by atoms with E-state index in [-0.39, 0.29) is 11.9 Å². The topological polar surface area (TPSA) is 72.7 Å². The number of pyridine rings is 1. The normalized spacial score (nSPS) is 27.7. The molecular formula is C28H33N5OS. The van der Waals surface area contributed by atoms with Gasteiger partial charge in [0, 0.05) is 24.0 Å². The average Bonchev–Trinajstić information content (AvgIpc) is 3.26. The van der Waals surface area contributed by atoms with Gasteiger partial charge in [-0.15, -0.1) is 10.2 Å². The van der Waals surface area contributed by atoms with E-state index in [2.05, 4.69) is 51.0 Å². The van der Waals surface area contributed by atoms with Crippen molar-refractivity contribution in [3.8, 4) is 17.1 Å². The Hall–Kier alpha value is -2.67. The highest BCUT2D eigenvalue weighted by molar-refractivity contribution is 7.99. The third-order valence-corrected chi connectivity index (χ3v) is 9.57. The van der Waals surface area contributed by atoms with Crippen molar-refractivity contribution in [3.63, 3.8) is 0 Å². The van der Waals surface area contributed by atoms with Gasteiger partial charge in [0.05, 0.1) is 11.4 Å². The predicted molar refractivity (Wildman–Crippen MR) is 138 cm³/mol. The number of aryl methyl sites for hydroxylation is 1. The summed E-state index contributed by atoms with van der Waals surface area (Å²) in [7, 11) is 0. The van der Waals surface area contributed by atoms with Crippen molar-refractivity contribution in [1.29, 1.82) is 0 Å². The van der Waals surface area contributed by atoms with Gasteiger partial charge in [0.15, 0.2) is 11.0 Å². The third kappa shape index (κ3) is 4.28. The van der Waals surface area contributed by atoms with Crippen molar-refractivity contribution < 1.29 is 4.79 Å². The molecule has 1 atom stereocenters. The number of rotatable bonds is 7. The van der Waals surface area contributed by atoms with Crippen LogP contribution in [0.5, 0.6) is 0 Å². The summed E-state index contributed by atoms with van der Waals surface area (Å²) in [5.41, 5.74) is 3.41. The lowest BCUT2D eigenvalue weighted by Crippen LogP contribution is -2.56. The van der Waals surface area contributed by atoms with Gasteiger partial charge in [-0.2, -0.15) is 0 Å². The predicted octanol–water partition coefficient (Wildman–Crippen LogP) is 5.45. The van der Waals surface area contributed by atoms with Crippen LogP contribution in [0, 0.1) is 30.1 Å². The Bertz CT molecular complexity index is 1190. The molecule has 4 saturated carbocycles. The Balaban J connectivity index is 1.19. The fraction of sp³-hybridized carbons (Fsp3) is 0.500. The number of nitrogens with zero attached hydrogens (tertiary/aromatic N) is 4. The van der Waals surface area contributed by atoms with Gasteiger partial charge in [-0.05, 0) is 99.3 Å². The number of amides is 1. The molecule has 1 amide bonds. The highest BCUT2D eigenvalue weighted by Gasteiger charge is 2.53. The summed E-state index contributed by atoms with van der Waals surface area (Å²) in [5.74, 6) is 3.82. The summed E-state index contributed by atoms with van der Waals surface area (Å²) in [4.78, 5) is 17.3. The summed E-state index contributed by atoms with van der Waals surface area (Å²) in [5, 5.41) is 13.1. The molecule has 2 aromatic heterocycles. The number of carbonyl (C=O) groups excluding carboxylic acids is 1. The highest BCUT2D eigenvalue weighted by atomic mass is 32.2. The van der Waals surface area contributed by atoms with Crippen LogP contribution in [0.2, 0.25) is 0 Å². The smallest absolute Gasteiger partial charge is 0.230 e. The van der Waals surface area contributed by atoms with E-state index < -0.39 is 0 Å².